The van der Waals surface area contributed by atoms with Crippen LogP contribution in [-0.2, 0) is 11.2 Å². The summed E-state index contributed by atoms with van der Waals surface area (Å²) in [7, 11) is 5.66. The number of nitrogens with one attached hydrogen (secondary N) is 2. The van der Waals surface area contributed by atoms with Gasteiger partial charge in [0, 0.05) is 46.8 Å². The Morgan fingerprint density at radius 1 is 1.32 bits per heavy atom. The zero-order valence-corrected chi connectivity index (χ0v) is 17.8. The van der Waals surface area contributed by atoms with Gasteiger partial charge in [0.1, 0.15) is 11.9 Å². The lowest BCUT2D eigenvalue weighted by atomic mass is 10.1. The van der Waals surface area contributed by atoms with Gasteiger partial charge in [-0.15, -0.1) is 24.0 Å². The lowest BCUT2D eigenvalue weighted by Gasteiger charge is -2.19. The Morgan fingerprint density at radius 2 is 2.12 bits per heavy atom. The third kappa shape index (κ3) is 7.79. The number of benzene rings is 1. The molecule has 1 aromatic rings. The first kappa shape index (κ1) is 22.0. The number of rotatable bonds is 9. The number of hydrogen-bond donors (Lipinski definition) is 2. The molecule has 0 aromatic heterocycles. The maximum atomic E-state index is 5.93. The molecule has 1 unspecified atom stereocenters. The number of guanidine groups is 1. The predicted octanol–water partition coefficient (Wildman–Crippen LogP) is 1.74. The highest BCUT2D eigenvalue weighted by Crippen LogP contribution is 2.27. The molecular weight excluding hydrogens is 431 g/mol. The van der Waals surface area contributed by atoms with E-state index in [9.17, 15) is 0 Å². The standard InChI is InChI=1S/C18H30N4O2.HI/c1-19-18(20-9-11-22(2)10-6-12-23-3)21-14-16-13-15-7-4-5-8-17(15)24-16;/h4-5,7-8,16H,6,9-14H2,1-3H3,(H2,19,20,21);1H. The number of para-hydroxylation sites is 1. The first-order valence-electron chi connectivity index (χ1n) is 8.59. The van der Waals surface area contributed by atoms with Crippen molar-refractivity contribution in [2.24, 2.45) is 4.99 Å². The molecule has 6 nitrogen and oxygen atoms in total. The minimum atomic E-state index is 0. The van der Waals surface area contributed by atoms with E-state index in [1.165, 1.54) is 5.56 Å². The molecule has 0 fully saturated rings. The Morgan fingerprint density at radius 3 is 2.84 bits per heavy atom. The molecular formula is C18H31IN4O2. The van der Waals surface area contributed by atoms with Gasteiger partial charge >= 0.3 is 0 Å². The highest BCUT2D eigenvalue weighted by atomic mass is 127. The third-order valence-electron chi connectivity index (χ3n) is 4.11. The van der Waals surface area contributed by atoms with Crippen molar-refractivity contribution in [3.63, 3.8) is 0 Å². The topological polar surface area (TPSA) is 58.1 Å². The molecule has 0 amide bonds. The molecule has 7 heteroatoms. The summed E-state index contributed by atoms with van der Waals surface area (Å²) in [6, 6.07) is 8.23. The molecule has 0 spiro atoms. The van der Waals surface area contributed by atoms with Crippen LogP contribution < -0.4 is 15.4 Å². The average Bonchev–Trinajstić information content (AvgIpc) is 3.01. The average molecular weight is 462 g/mol. The second-order valence-electron chi connectivity index (χ2n) is 6.08. The van der Waals surface area contributed by atoms with E-state index in [0.29, 0.717) is 0 Å². The van der Waals surface area contributed by atoms with Crippen molar-refractivity contribution < 1.29 is 9.47 Å². The fraction of sp³-hybridized carbons (Fsp3) is 0.611. The van der Waals surface area contributed by atoms with Gasteiger partial charge in [0.05, 0.1) is 6.54 Å². The second-order valence-corrected chi connectivity index (χ2v) is 6.08. The zero-order valence-electron chi connectivity index (χ0n) is 15.5. The minimum Gasteiger partial charge on any atom is -0.488 e. The molecule has 0 aliphatic carbocycles. The Labute approximate surface area is 168 Å². The molecule has 2 N–H and O–H groups in total. The normalized spacial score (nSPS) is 16.2. The predicted molar refractivity (Wildman–Crippen MR) is 113 cm³/mol. The number of aliphatic imine (C=N–C) groups is 1. The van der Waals surface area contributed by atoms with Crippen LogP contribution in [0.4, 0.5) is 0 Å². The summed E-state index contributed by atoms with van der Waals surface area (Å²) in [5, 5.41) is 6.69. The van der Waals surface area contributed by atoms with Crippen molar-refractivity contribution in [3.05, 3.63) is 29.8 Å². The first-order valence-corrected chi connectivity index (χ1v) is 8.59. The fourth-order valence-corrected chi connectivity index (χ4v) is 2.75. The van der Waals surface area contributed by atoms with Gasteiger partial charge in [-0.1, -0.05) is 18.2 Å². The maximum Gasteiger partial charge on any atom is 0.191 e. The molecule has 1 atom stereocenters. The smallest absolute Gasteiger partial charge is 0.191 e. The summed E-state index contributed by atoms with van der Waals surface area (Å²) in [4.78, 5) is 6.56. The van der Waals surface area contributed by atoms with Gasteiger partial charge in [-0.05, 0) is 25.1 Å². The van der Waals surface area contributed by atoms with E-state index in [-0.39, 0.29) is 30.1 Å². The fourth-order valence-electron chi connectivity index (χ4n) is 2.75. The Kier molecular flexibility index (Phi) is 10.8. The Hall–Kier alpha value is -1.06. The molecule has 0 radical (unpaired) electrons. The number of fused-ring (bicyclic) bond motifs is 1. The van der Waals surface area contributed by atoms with Crippen molar-refractivity contribution in [2.75, 3.05) is 54.0 Å². The van der Waals surface area contributed by atoms with Crippen LogP contribution >= 0.6 is 24.0 Å². The summed E-state index contributed by atoms with van der Waals surface area (Å²) in [5.74, 6) is 1.82. The number of hydrogen-bond acceptors (Lipinski definition) is 4. The van der Waals surface area contributed by atoms with Crippen LogP contribution in [0.5, 0.6) is 5.75 Å². The summed E-state index contributed by atoms with van der Waals surface area (Å²) >= 11 is 0. The largest absolute Gasteiger partial charge is 0.488 e. The van der Waals surface area contributed by atoms with Crippen LogP contribution in [0.15, 0.2) is 29.3 Å². The molecule has 0 bridgehead atoms. The number of methoxy groups -OCH3 is 1. The number of ether oxygens (including phenoxy) is 2. The molecule has 142 valence electrons. The molecule has 1 aliphatic heterocycles. The Bertz CT molecular complexity index is 503. The van der Waals surface area contributed by atoms with E-state index in [2.05, 4.69) is 39.7 Å². The van der Waals surface area contributed by atoms with Crippen LogP contribution in [0, 0.1) is 0 Å². The van der Waals surface area contributed by atoms with Gasteiger partial charge in [-0.3, -0.25) is 4.99 Å². The molecule has 1 aliphatic rings. The Balaban J connectivity index is 0.00000312. The molecule has 25 heavy (non-hydrogen) atoms. The van der Waals surface area contributed by atoms with Gasteiger partial charge in [-0.2, -0.15) is 0 Å². The summed E-state index contributed by atoms with van der Waals surface area (Å²) in [5.41, 5.74) is 1.28. The molecule has 0 saturated heterocycles. The quantitative estimate of drug-likeness (QED) is 0.254. The van der Waals surface area contributed by atoms with Gasteiger partial charge in [0.2, 0.25) is 0 Å². The van der Waals surface area contributed by atoms with Gasteiger partial charge in [0.15, 0.2) is 5.96 Å². The van der Waals surface area contributed by atoms with Crippen molar-refractivity contribution in [3.8, 4) is 5.75 Å². The van der Waals surface area contributed by atoms with Crippen LogP contribution in [-0.4, -0.2) is 71.0 Å². The van der Waals surface area contributed by atoms with E-state index in [1.54, 1.807) is 14.2 Å². The SMILES string of the molecule is CN=C(NCCN(C)CCCOC)NCC1Cc2ccccc2O1.I. The molecule has 2 rings (SSSR count). The van der Waals surface area contributed by atoms with Crippen LogP contribution in [0.25, 0.3) is 0 Å². The van der Waals surface area contributed by atoms with Crippen LogP contribution in [0.1, 0.15) is 12.0 Å². The van der Waals surface area contributed by atoms with Crippen molar-refractivity contribution >= 4 is 29.9 Å². The lowest BCUT2D eigenvalue weighted by molar-refractivity contribution is 0.180. The van der Waals surface area contributed by atoms with Gasteiger partial charge in [0.25, 0.3) is 0 Å². The summed E-state index contributed by atoms with van der Waals surface area (Å²) in [6.07, 6.45) is 2.17. The number of nitrogens with zero attached hydrogens (tertiary/aromatic N) is 2. The monoisotopic (exact) mass is 462 g/mol. The van der Waals surface area contributed by atoms with E-state index in [0.717, 1.165) is 57.3 Å². The number of likely N-dealkylation sites (N-methyl/N-ethyl adjacent to an activating group) is 1. The van der Waals surface area contributed by atoms with Gasteiger partial charge < -0.3 is 25.0 Å². The maximum absolute atomic E-state index is 5.93. The minimum absolute atomic E-state index is 0. The van der Waals surface area contributed by atoms with E-state index in [4.69, 9.17) is 9.47 Å². The number of halogens is 1. The lowest BCUT2D eigenvalue weighted by Crippen LogP contribution is -2.44. The molecule has 1 heterocycles. The highest BCUT2D eigenvalue weighted by Gasteiger charge is 2.22. The van der Waals surface area contributed by atoms with Crippen LogP contribution in [0.2, 0.25) is 0 Å². The highest BCUT2D eigenvalue weighted by molar-refractivity contribution is 14.0. The van der Waals surface area contributed by atoms with E-state index in [1.807, 2.05) is 12.1 Å². The summed E-state index contributed by atoms with van der Waals surface area (Å²) < 4.78 is 11.0. The van der Waals surface area contributed by atoms with E-state index < -0.39 is 0 Å². The molecule has 0 saturated carbocycles. The van der Waals surface area contributed by atoms with Crippen molar-refractivity contribution in [1.82, 2.24) is 15.5 Å². The van der Waals surface area contributed by atoms with Crippen molar-refractivity contribution in [2.45, 2.75) is 18.9 Å². The zero-order chi connectivity index (χ0) is 17.2. The third-order valence-corrected chi connectivity index (χ3v) is 4.11. The van der Waals surface area contributed by atoms with Crippen molar-refractivity contribution in [1.29, 1.82) is 0 Å². The summed E-state index contributed by atoms with van der Waals surface area (Å²) in [6.45, 7) is 4.42. The second kappa shape index (κ2) is 12.3. The van der Waals surface area contributed by atoms with Gasteiger partial charge in [-0.25, -0.2) is 0 Å². The van der Waals surface area contributed by atoms with Crippen LogP contribution in [0.3, 0.4) is 0 Å². The van der Waals surface area contributed by atoms with E-state index >= 15 is 0 Å². The molecule has 1 aromatic carbocycles. The first-order chi connectivity index (χ1) is 11.7.